The van der Waals surface area contributed by atoms with E-state index in [1.165, 1.54) is 28.8 Å². The first-order valence-electron chi connectivity index (χ1n) is 14.1. The van der Waals surface area contributed by atoms with Crippen LogP contribution < -0.4 is 15.2 Å². The summed E-state index contributed by atoms with van der Waals surface area (Å²) < 4.78 is 20.1. The summed E-state index contributed by atoms with van der Waals surface area (Å²) in [7, 11) is 0. The van der Waals surface area contributed by atoms with E-state index in [0.717, 1.165) is 22.5 Å². The maximum atomic E-state index is 15.0. The molecule has 2 aliphatic rings. The molecule has 0 aliphatic carbocycles. The number of para-hydroxylation sites is 2. The summed E-state index contributed by atoms with van der Waals surface area (Å²) >= 11 is 8.62. The van der Waals surface area contributed by atoms with E-state index in [0.29, 0.717) is 26.4 Å². The predicted molar refractivity (Wildman–Crippen MR) is 175 cm³/mol. The number of nitrogens with zero attached hydrogens (tertiary/aromatic N) is 4. The zero-order valence-electron chi connectivity index (χ0n) is 23.6. The van der Waals surface area contributed by atoms with Gasteiger partial charge in [0.05, 0.1) is 23.2 Å². The van der Waals surface area contributed by atoms with Crippen LogP contribution in [0.4, 0.5) is 15.2 Å². The lowest BCUT2D eigenvalue weighted by Crippen LogP contribution is -2.53. The van der Waals surface area contributed by atoms with Gasteiger partial charge in [0.2, 0.25) is 10.9 Å². The van der Waals surface area contributed by atoms with Crippen molar-refractivity contribution in [2.24, 2.45) is 0 Å². The van der Waals surface area contributed by atoms with E-state index in [1.54, 1.807) is 77.7 Å². The third-order valence-corrected chi connectivity index (χ3v) is 10.5. The van der Waals surface area contributed by atoms with Gasteiger partial charge in [-0.1, -0.05) is 89.3 Å². The first-order valence-corrected chi connectivity index (χ1v) is 16.3. The molecule has 226 valence electrons. The highest BCUT2D eigenvalue weighted by molar-refractivity contribution is 8.00. The molecule has 0 bridgehead atoms. The Morgan fingerprint density at radius 3 is 2.39 bits per heavy atom. The molecule has 0 saturated heterocycles. The summed E-state index contributed by atoms with van der Waals surface area (Å²) in [6.45, 7) is 0.167. The van der Waals surface area contributed by atoms with Crippen LogP contribution in [0, 0.1) is 5.82 Å². The van der Waals surface area contributed by atoms with Gasteiger partial charge in [-0.05, 0) is 53.6 Å². The molecule has 2 amide bonds. The van der Waals surface area contributed by atoms with Crippen LogP contribution in [0.1, 0.15) is 32.8 Å². The zero-order chi connectivity index (χ0) is 31.6. The number of hydrogen-bond acceptors (Lipinski definition) is 8. The van der Waals surface area contributed by atoms with Gasteiger partial charge >= 0.3 is 0 Å². The minimum absolute atomic E-state index is 0.0528. The van der Waals surface area contributed by atoms with E-state index in [9.17, 15) is 14.0 Å². The largest absolute Gasteiger partial charge is 0.450 e. The highest BCUT2D eigenvalue weighted by Crippen LogP contribution is 2.55. The van der Waals surface area contributed by atoms with Crippen LogP contribution in [0.3, 0.4) is 0 Å². The molecular formula is C34H20ClFN4O4S2. The van der Waals surface area contributed by atoms with Gasteiger partial charge in [-0.15, -0.1) is 10.2 Å². The Balaban J connectivity index is 1.30. The number of hydrogen-bond donors (Lipinski definition) is 0. The number of amides is 2. The molecule has 0 N–H and O–H groups in total. The molecule has 1 spiro atoms. The Hall–Kier alpha value is -4.84. The number of thioether (sulfide) groups is 1. The van der Waals surface area contributed by atoms with Crippen molar-refractivity contribution < 1.29 is 18.4 Å². The van der Waals surface area contributed by atoms with E-state index in [2.05, 4.69) is 10.2 Å². The van der Waals surface area contributed by atoms with Crippen molar-refractivity contribution in [1.82, 2.24) is 10.2 Å². The van der Waals surface area contributed by atoms with Gasteiger partial charge in [-0.2, -0.15) is 0 Å². The lowest BCUT2D eigenvalue weighted by atomic mass is 9.84. The number of rotatable bonds is 6. The number of carbonyl (C=O) groups excluding carboxylic acids is 2. The smallest absolute Gasteiger partial charge is 0.297 e. The molecule has 12 heteroatoms. The normalized spacial score (nSPS) is 16.9. The fourth-order valence-electron chi connectivity index (χ4n) is 6.12. The molecule has 8 nitrogen and oxygen atoms in total. The molecule has 0 saturated carbocycles. The number of halogens is 2. The molecule has 1 unspecified atom stereocenters. The van der Waals surface area contributed by atoms with Crippen LogP contribution in [0.25, 0.3) is 11.0 Å². The number of benzene rings is 4. The third kappa shape index (κ3) is 4.30. The summed E-state index contributed by atoms with van der Waals surface area (Å²) in [5.41, 5.74) is 0.516. The Morgan fingerprint density at radius 2 is 1.59 bits per heavy atom. The van der Waals surface area contributed by atoms with Crippen LogP contribution in [-0.4, -0.2) is 22.0 Å². The van der Waals surface area contributed by atoms with E-state index >= 15 is 4.79 Å². The monoisotopic (exact) mass is 666 g/mol. The lowest BCUT2D eigenvalue weighted by molar-refractivity contribution is -0.121. The highest BCUT2D eigenvalue weighted by Gasteiger charge is 2.66. The molecule has 4 aromatic carbocycles. The topological polar surface area (TPSA) is 96.6 Å². The van der Waals surface area contributed by atoms with Crippen molar-refractivity contribution in [3.05, 3.63) is 146 Å². The van der Waals surface area contributed by atoms with Gasteiger partial charge in [-0.25, -0.2) is 4.39 Å². The van der Waals surface area contributed by atoms with Gasteiger partial charge in [-0.3, -0.25) is 19.3 Å². The van der Waals surface area contributed by atoms with E-state index in [4.69, 9.17) is 16.0 Å². The molecule has 2 aromatic heterocycles. The van der Waals surface area contributed by atoms with Crippen LogP contribution in [0.2, 0.25) is 5.02 Å². The average molecular weight is 667 g/mol. The maximum Gasteiger partial charge on any atom is 0.297 e. The van der Waals surface area contributed by atoms with Gasteiger partial charge < -0.3 is 9.32 Å². The van der Waals surface area contributed by atoms with Crippen molar-refractivity contribution in [3.63, 3.8) is 0 Å². The van der Waals surface area contributed by atoms with Gasteiger partial charge in [0.1, 0.15) is 11.4 Å². The molecule has 4 heterocycles. The van der Waals surface area contributed by atoms with E-state index in [-0.39, 0.29) is 39.8 Å². The number of aromatic nitrogens is 2. The number of fused-ring (bicyclic) bond motifs is 5. The second-order valence-corrected chi connectivity index (χ2v) is 13.4. The first-order chi connectivity index (χ1) is 22.4. The summed E-state index contributed by atoms with van der Waals surface area (Å²) in [5.74, 6) is -1.21. The third-order valence-electron chi connectivity index (χ3n) is 8.15. The maximum absolute atomic E-state index is 15.0. The molecule has 6 aromatic rings. The van der Waals surface area contributed by atoms with E-state index < -0.39 is 22.8 Å². The quantitative estimate of drug-likeness (QED) is 0.137. The fraction of sp³-hybridized carbons (Fsp3) is 0.0882. The number of carbonyl (C=O) groups is 2. The molecule has 0 radical (unpaired) electrons. The molecular weight excluding hydrogens is 647 g/mol. The fourth-order valence-corrected chi connectivity index (χ4v) is 8.09. The van der Waals surface area contributed by atoms with Crippen molar-refractivity contribution in [2.75, 3.05) is 9.80 Å². The first kappa shape index (κ1) is 28.6. The standard InChI is InChI=1S/C34H20ClFN4O4S2/c35-21-13-9-19(10-14-21)17-39-25-7-3-2-6-24(25)34(31(39)43)27-28(41)23-5-1-4-8-26(23)44-29(27)30(42)40(34)32-37-38-33(46-32)45-18-20-11-15-22(36)16-12-20/h1-16H,17-18H2. The second kappa shape index (κ2) is 10.9. The summed E-state index contributed by atoms with van der Waals surface area (Å²) in [4.78, 5) is 46.7. The van der Waals surface area contributed by atoms with Crippen molar-refractivity contribution in [1.29, 1.82) is 0 Å². The molecule has 2 aliphatic heterocycles. The van der Waals surface area contributed by atoms with Gasteiger partial charge in [0.25, 0.3) is 11.8 Å². The number of anilines is 2. The molecule has 1 atom stereocenters. The summed E-state index contributed by atoms with van der Waals surface area (Å²) in [6.07, 6.45) is 0. The van der Waals surface area contributed by atoms with Gasteiger partial charge in [0, 0.05) is 16.3 Å². The zero-order valence-corrected chi connectivity index (χ0v) is 26.0. The highest BCUT2D eigenvalue weighted by atomic mass is 35.5. The van der Waals surface area contributed by atoms with Crippen molar-refractivity contribution in [2.45, 2.75) is 22.2 Å². The predicted octanol–water partition coefficient (Wildman–Crippen LogP) is 7.18. The Morgan fingerprint density at radius 1 is 0.870 bits per heavy atom. The second-order valence-electron chi connectivity index (χ2n) is 10.8. The Bertz CT molecular complexity index is 2260. The SMILES string of the molecule is O=C1c2oc3ccccc3c(=O)c2C2(C(=O)N(Cc3ccc(Cl)cc3)c3ccccc32)N1c1nnc(SCc2ccc(F)cc2)s1. The minimum Gasteiger partial charge on any atom is -0.450 e. The Kier molecular flexibility index (Phi) is 6.78. The van der Waals surface area contributed by atoms with Crippen LogP contribution in [0.5, 0.6) is 0 Å². The van der Waals surface area contributed by atoms with Crippen LogP contribution in [0.15, 0.2) is 111 Å². The van der Waals surface area contributed by atoms with Crippen molar-refractivity contribution >= 4 is 68.3 Å². The van der Waals surface area contributed by atoms with Crippen LogP contribution >= 0.6 is 34.7 Å². The Labute approximate surface area is 274 Å². The molecule has 8 rings (SSSR count). The molecule has 46 heavy (non-hydrogen) atoms. The van der Waals surface area contributed by atoms with Gasteiger partial charge in [0.15, 0.2) is 15.3 Å². The lowest BCUT2D eigenvalue weighted by Gasteiger charge is -2.32. The van der Waals surface area contributed by atoms with Crippen molar-refractivity contribution in [3.8, 4) is 0 Å². The molecule has 0 fully saturated rings. The van der Waals surface area contributed by atoms with E-state index in [1.807, 2.05) is 12.1 Å². The summed E-state index contributed by atoms with van der Waals surface area (Å²) in [6, 6.07) is 27.1. The minimum atomic E-state index is -1.89. The van der Waals surface area contributed by atoms with Crippen LogP contribution in [-0.2, 0) is 22.6 Å². The average Bonchev–Trinajstić information content (AvgIpc) is 3.71. The summed E-state index contributed by atoms with van der Waals surface area (Å²) in [5, 5.41) is 9.63.